The Bertz CT molecular complexity index is 1100. The molecule has 0 spiro atoms. The number of ether oxygens (including phenoxy) is 2. The number of carbonyl (C=O) groups is 1. The van der Waals surface area contributed by atoms with E-state index in [0.29, 0.717) is 28.3 Å². The van der Waals surface area contributed by atoms with Crippen molar-refractivity contribution in [3.05, 3.63) is 53.6 Å². The topological polar surface area (TPSA) is 109 Å². The van der Waals surface area contributed by atoms with Crippen molar-refractivity contribution in [1.29, 1.82) is 5.26 Å². The zero-order valence-corrected chi connectivity index (χ0v) is 18.0. The molecule has 0 saturated carbocycles. The fourth-order valence-electron chi connectivity index (χ4n) is 2.53. The van der Waals surface area contributed by atoms with Crippen LogP contribution in [0.25, 0.3) is 6.08 Å². The lowest BCUT2D eigenvalue weighted by Gasteiger charge is -2.14. The second-order valence-corrected chi connectivity index (χ2v) is 8.57. The molecular weight excluding hydrogens is 406 g/mol. The Kier molecular flexibility index (Phi) is 7.58. The number of rotatable bonds is 8. The number of aryl methyl sites for hydroxylation is 1. The highest BCUT2D eigenvalue weighted by molar-refractivity contribution is 7.89. The summed E-state index contributed by atoms with van der Waals surface area (Å²) in [6.07, 6.45) is 2.90. The Labute approximate surface area is 176 Å². The summed E-state index contributed by atoms with van der Waals surface area (Å²) >= 11 is 0. The molecule has 0 aliphatic rings. The molecule has 158 valence electrons. The second-order valence-electron chi connectivity index (χ2n) is 6.45. The molecule has 0 saturated heterocycles. The van der Waals surface area contributed by atoms with E-state index in [1.807, 2.05) is 6.07 Å². The highest BCUT2D eigenvalue weighted by Gasteiger charge is 2.20. The van der Waals surface area contributed by atoms with Gasteiger partial charge >= 0.3 is 0 Å². The van der Waals surface area contributed by atoms with E-state index in [9.17, 15) is 13.2 Å². The van der Waals surface area contributed by atoms with E-state index in [-0.39, 0.29) is 11.5 Å². The Morgan fingerprint density at radius 3 is 2.57 bits per heavy atom. The van der Waals surface area contributed by atoms with Crippen molar-refractivity contribution in [2.75, 3.05) is 33.1 Å². The van der Waals surface area contributed by atoms with Gasteiger partial charge in [0.2, 0.25) is 15.9 Å². The van der Waals surface area contributed by atoms with Gasteiger partial charge in [0, 0.05) is 25.9 Å². The van der Waals surface area contributed by atoms with Crippen LogP contribution in [0, 0.1) is 18.3 Å². The van der Waals surface area contributed by atoms with E-state index in [0.717, 1.165) is 4.31 Å². The number of methoxy groups -OCH3 is 1. The van der Waals surface area contributed by atoms with Gasteiger partial charge < -0.3 is 14.8 Å². The van der Waals surface area contributed by atoms with Gasteiger partial charge in [0.25, 0.3) is 0 Å². The lowest BCUT2D eigenvalue weighted by Crippen LogP contribution is -2.23. The molecule has 0 bridgehead atoms. The molecule has 1 N–H and O–H groups in total. The highest BCUT2D eigenvalue weighted by Crippen LogP contribution is 2.28. The molecule has 9 heteroatoms. The largest absolute Gasteiger partial charge is 0.493 e. The fraction of sp³-hybridized carbons (Fsp3) is 0.238. The number of nitrogens with one attached hydrogen (secondary N) is 1. The van der Waals surface area contributed by atoms with E-state index in [2.05, 4.69) is 5.32 Å². The number of nitriles is 1. The van der Waals surface area contributed by atoms with Gasteiger partial charge in [0.15, 0.2) is 18.1 Å². The maximum Gasteiger partial charge on any atom is 0.248 e. The summed E-state index contributed by atoms with van der Waals surface area (Å²) in [4.78, 5) is 12.4. The Balaban J connectivity index is 2.16. The third kappa shape index (κ3) is 5.59. The first-order chi connectivity index (χ1) is 14.2. The average molecular weight is 429 g/mol. The van der Waals surface area contributed by atoms with Crippen LogP contribution in [0.4, 0.5) is 5.69 Å². The first-order valence-corrected chi connectivity index (χ1v) is 10.3. The number of benzene rings is 2. The molecule has 0 heterocycles. The van der Waals surface area contributed by atoms with E-state index < -0.39 is 15.9 Å². The number of nitrogens with zero attached hydrogens (tertiary/aromatic N) is 2. The van der Waals surface area contributed by atoms with Gasteiger partial charge in [-0.15, -0.1) is 0 Å². The van der Waals surface area contributed by atoms with Crippen LogP contribution in [0.5, 0.6) is 11.5 Å². The van der Waals surface area contributed by atoms with Crippen molar-refractivity contribution in [2.45, 2.75) is 11.8 Å². The molecular formula is C21H23N3O5S. The molecule has 2 aromatic carbocycles. The predicted molar refractivity (Wildman–Crippen MR) is 114 cm³/mol. The van der Waals surface area contributed by atoms with Crippen molar-refractivity contribution in [3.63, 3.8) is 0 Å². The first kappa shape index (κ1) is 22.9. The maximum absolute atomic E-state index is 12.4. The summed E-state index contributed by atoms with van der Waals surface area (Å²) in [5.41, 5.74) is 1.64. The van der Waals surface area contributed by atoms with E-state index in [4.69, 9.17) is 14.7 Å². The van der Waals surface area contributed by atoms with Gasteiger partial charge in [-0.05, 0) is 48.4 Å². The normalized spacial score (nSPS) is 11.3. The number of hydrogen-bond acceptors (Lipinski definition) is 6. The van der Waals surface area contributed by atoms with Crippen LogP contribution < -0.4 is 14.8 Å². The van der Waals surface area contributed by atoms with Gasteiger partial charge in [-0.3, -0.25) is 4.79 Å². The third-order valence-corrected chi connectivity index (χ3v) is 6.08. The molecule has 2 aromatic rings. The molecule has 0 aliphatic heterocycles. The van der Waals surface area contributed by atoms with Crippen molar-refractivity contribution in [3.8, 4) is 17.6 Å². The SMILES string of the molecule is COc1cc(/C=C/C(=O)Nc2ccc(C)c(S(=O)(=O)N(C)C)c2)ccc1OCC#N. The predicted octanol–water partition coefficient (Wildman–Crippen LogP) is 2.81. The standard InChI is InChI=1S/C21H23N3O5S/c1-15-5-8-17(14-20(15)30(26,27)24(2)3)23-21(25)10-7-16-6-9-18(29-12-11-22)19(13-16)28-4/h5-10,13-14H,12H2,1-4H3,(H,23,25)/b10-7+. The average Bonchev–Trinajstić information content (AvgIpc) is 2.72. The molecule has 0 fully saturated rings. The lowest BCUT2D eigenvalue weighted by atomic mass is 10.2. The second kappa shape index (κ2) is 9.91. The van der Waals surface area contributed by atoms with E-state index >= 15 is 0 Å². The van der Waals surface area contributed by atoms with Gasteiger partial charge in [0.05, 0.1) is 12.0 Å². The third-order valence-electron chi connectivity index (χ3n) is 4.12. The quantitative estimate of drug-likeness (QED) is 0.647. The molecule has 0 aliphatic carbocycles. The number of anilines is 1. The van der Waals surface area contributed by atoms with Crippen molar-refractivity contribution < 1.29 is 22.7 Å². The van der Waals surface area contributed by atoms with Gasteiger partial charge in [0.1, 0.15) is 6.07 Å². The molecule has 30 heavy (non-hydrogen) atoms. The maximum atomic E-state index is 12.4. The highest BCUT2D eigenvalue weighted by atomic mass is 32.2. The lowest BCUT2D eigenvalue weighted by molar-refractivity contribution is -0.111. The van der Waals surface area contributed by atoms with Crippen molar-refractivity contribution in [2.24, 2.45) is 0 Å². The van der Waals surface area contributed by atoms with Crippen molar-refractivity contribution >= 4 is 27.7 Å². The minimum absolute atomic E-state index is 0.101. The zero-order valence-electron chi connectivity index (χ0n) is 17.2. The molecule has 0 radical (unpaired) electrons. The number of amides is 1. The monoisotopic (exact) mass is 429 g/mol. The summed E-state index contributed by atoms with van der Waals surface area (Å²) in [6, 6.07) is 11.6. The van der Waals surface area contributed by atoms with Crippen molar-refractivity contribution in [1.82, 2.24) is 4.31 Å². The Hall–Kier alpha value is -3.35. The van der Waals surface area contributed by atoms with Crippen LogP contribution in [0.1, 0.15) is 11.1 Å². The van der Waals surface area contributed by atoms with Gasteiger partial charge in [-0.1, -0.05) is 12.1 Å². The van der Waals surface area contributed by atoms with Gasteiger partial charge in [-0.25, -0.2) is 12.7 Å². The van der Waals surface area contributed by atoms with Crippen LogP contribution in [-0.2, 0) is 14.8 Å². The van der Waals surface area contributed by atoms with Crippen LogP contribution >= 0.6 is 0 Å². The van der Waals surface area contributed by atoms with E-state index in [1.54, 1.807) is 43.3 Å². The van der Waals surface area contributed by atoms with Gasteiger partial charge in [-0.2, -0.15) is 5.26 Å². The van der Waals surface area contributed by atoms with Crippen LogP contribution in [0.2, 0.25) is 0 Å². The molecule has 0 unspecified atom stereocenters. The number of hydrogen-bond donors (Lipinski definition) is 1. The fourth-order valence-corrected chi connectivity index (χ4v) is 3.67. The summed E-state index contributed by atoms with van der Waals surface area (Å²) in [5.74, 6) is 0.440. The molecule has 0 atom stereocenters. The number of carbonyl (C=O) groups excluding carboxylic acids is 1. The Morgan fingerprint density at radius 2 is 1.93 bits per heavy atom. The first-order valence-electron chi connectivity index (χ1n) is 8.89. The number of sulfonamides is 1. The van der Waals surface area contributed by atoms with Crippen LogP contribution in [0.3, 0.4) is 0 Å². The Morgan fingerprint density at radius 1 is 1.20 bits per heavy atom. The smallest absolute Gasteiger partial charge is 0.248 e. The molecule has 1 amide bonds. The summed E-state index contributed by atoms with van der Waals surface area (Å²) in [6.45, 7) is 1.59. The molecule has 0 aromatic heterocycles. The molecule has 2 rings (SSSR count). The summed E-state index contributed by atoms with van der Waals surface area (Å²) < 4.78 is 36.4. The van der Waals surface area contributed by atoms with E-state index in [1.165, 1.54) is 33.3 Å². The minimum atomic E-state index is -3.62. The van der Waals surface area contributed by atoms with Crippen LogP contribution in [-0.4, -0.2) is 46.4 Å². The van der Waals surface area contributed by atoms with Crippen LogP contribution in [0.15, 0.2) is 47.4 Å². The summed E-state index contributed by atoms with van der Waals surface area (Å²) in [7, 11) is 0.760. The molecule has 8 nitrogen and oxygen atoms in total. The zero-order chi connectivity index (χ0) is 22.3. The summed E-state index contributed by atoms with van der Waals surface area (Å²) in [5, 5.41) is 11.3. The minimum Gasteiger partial charge on any atom is -0.493 e.